The van der Waals surface area contributed by atoms with Crippen molar-refractivity contribution < 1.29 is 4.79 Å². The first-order chi connectivity index (χ1) is 12.2. The molecule has 1 amide bonds. The third-order valence-corrected chi connectivity index (χ3v) is 4.45. The number of benzene rings is 1. The van der Waals surface area contributed by atoms with Gasteiger partial charge in [0.25, 0.3) is 5.91 Å². The fourth-order valence-electron chi connectivity index (χ4n) is 3.18. The van der Waals surface area contributed by atoms with E-state index in [9.17, 15) is 4.79 Å². The van der Waals surface area contributed by atoms with Gasteiger partial charge in [0.05, 0.1) is 5.69 Å². The van der Waals surface area contributed by atoms with Gasteiger partial charge in [-0.1, -0.05) is 30.3 Å². The van der Waals surface area contributed by atoms with Crippen LogP contribution in [0.3, 0.4) is 0 Å². The van der Waals surface area contributed by atoms with Gasteiger partial charge in [-0.25, -0.2) is 4.98 Å². The van der Waals surface area contributed by atoms with Crippen LogP contribution in [-0.2, 0) is 13.6 Å². The summed E-state index contributed by atoms with van der Waals surface area (Å²) in [7, 11) is 1.78. The van der Waals surface area contributed by atoms with Crippen LogP contribution in [0.25, 0.3) is 0 Å². The van der Waals surface area contributed by atoms with E-state index in [1.165, 1.54) is 5.56 Å². The molecule has 1 aromatic carbocycles. The lowest BCUT2D eigenvalue weighted by Crippen LogP contribution is -2.44. The van der Waals surface area contributed by atoms with Gasteiger partial charge in [0.15, 0.2) is 5.82 Å². The molecular weight excluding hydrogens is 314 g/mol. The van der Waals surface area contributed by atoms with E-state index >= 15 is 0 Å². The van der Waals surface area contributed by atoms with Crippen molar-refractivity contribution in [3.8, 4) is 0 Å². The standard InChI is InChI=1S/C19H19N5O/c1-22-17(9-11-21-22)19(25)24-13-12-23(14-15-6-3-2-4-7-15)18-16(24)8-5-10-20-18/h2-11H,12-14H2,1H3. The maximum atomic E-state index is 12.9. The summed E-state index contributed by atoms with van der Waals surface area (Å²) in [5.41, 5.74) is 2.65. The highest BCUT2D eigenvalue weighted by Crippen LogP contribution is 2.32. The number of pyridine rings is 1. The van der Waals surface area contributed by atoms with E-state index in [1.807, 2.05) is 30.3 Å². The molecule has 126 valence electrons. The highest BCUT2D eigenvalue weighted by Gasteiger charge is 2.29. The van der Waals surface area contributed by atoms with Gasteiger partial charge in [0, 0.05) is 39.1 Å². The molecule has 0 aliphatic carbocycles. The molecule has 6 nitrogen and oxygen atoms in total. The quantitative estimate of drug-likeness (QED) is 0.739. The van der Waals surface area contributed by atoms with E-state index in [-0.39, 0.29) is 5.91 Å². The molecule has 0 atom stereocenters. The molecule has 0 saturated carbocycles. The number of hydrogen-bond acceptors (Lipinski definition) is 4. The molecule has 0 unspecified atom stereocenters. The Balaban J connectivity index is 1.65. The normalized spacial score (nSPS) is 13.6. The lowest BCUT2D eigenvalue weighted by atomic mass is 10.1. The van der Waals surface area contributed by atoms with Gasteiger partial charge < -0.3 is 9.80 Å². The van der Waals surface area contributed by atoms with Crippen molar-refractivity contribution >= 4 is 17.4 Å². The largest absolute Gasteiger partial charge is 0.349 e. The fraction of sp³-hybridized carbons (Fsp3) is 0.211. The molecule has 4 rings (SSSR count). The van der Waals surface area contributed by atoms with Gasteiger partial charge >= 0.3 is 0 Å². The minimum Gasteiger partial charge on any atom is -0.349 e. The fourth-order valence-corrected chi connectivity index (χ4v) is 3.18. The Kier molecular flexibility index (Phi) is 3.93. The Hall–Kier alpha value is -3.15. The highest BCUT2D eigenvalue weighted by atomic mass is 16.2. The number of aromatic nitrogens is 3. The molecule has 2 aromatic heterocycles. The lowest BCUT2D eigenvalue weighted by Gasteiger charge is -2.36. The van der Waals surface area contributed by atoms with Gasteiger partial charge in [-0.2, -0.15) is 5.10 Å². The molecule has 1 aliphatic rings. The third kappa shape index (κ3) is 2.87. The summed E-state index contributed by atoms with van der Waals surface area (Å²) in [4.78, 5) is 21.5. The molecule has 0 fully saturated rings. The van der Waals surface area contributed by atoms with Crippen molar-refractivity contribution in [3.05, 3.63) is 72.2 Å². The molecule has 0 N–H and O–H groups in total. The number of anilines is 2. The van der Waals surface area contributed by atoms with Gasteiger partial charge in [0.2, 0.25) is 0 Å². The Morgan fingerprint density at radius 2 is 1.88 bits per heavy atom. The van der Waals surface area contributed by atoms with Crippen molar-refractivity contribution in [2.24, 2.45) is 7.05 Å². The van der Waals surface area contributed by atoms with Crippen LogP contribution in [0.4, 0.5) is 11.5 Å². The number of aryl methyl sites for hydroxylation is 1. The summed E-state index contributed by atoms with van der Waals surface area (Å²) < 4.78 is 1.61. The van der Waals surface area contributed by atoms with Crippen molar-refractivity contribution in [3.63, 3.8) is 0 Å². The van der Waals surface area contributed by atoms with E-state index in [0.29, 0.717) is 12.2 Å². The predicted octanol–water partition coefficient (Wildman–Crippen LogP) is 2.48. The van der Waals surface area contributed by atoms with E-state index in [1.54, 1.807) is 35.1 Å². The molecule has 0 saturated heterocycles. The second-order valence-corrected chi connectivity index (χ2v) is 6.05. The van der Waals surface area contributed by atoms with Crippen LogP contribution >= 0.6 is 0 Å². The van der Waals surface area contributed by atoms with Gasteiger partial charge in [-0.15, -0.1) is 0 Å². The smallest absolute Gasteiger partial charge is 0.276 e. The Labute approximate surface area is 146 Å². The molecule has 1 aliphatic heterocycles. The molecule has 6 heteroatoms. The maximum Gasteiger partial charge on any atom is 0.276 e. The van der Waals surface area contributed by atoms with Crippen LogP contribution in [0.15, 0.2) is 60.9 Å². The summed E-state index contributed by atoms with van der Waals surface area (Å²) in [6, 6.07) is 15.9. The Morgan fingerprint density at radius 1 is 1.04 bits per heavy atom. The molecular formula is C19H19N5O. The summed E-state index contributed by atoms with van der Waals surface area (Å²) in [6.07, 6.45) is 3.41. The SMILES string of the molecule is Cn1nccc1C(=O)N1CCN(Cc2ccccc2)c2ncccc21. The van der Waals surface area contributed by atoms with Crippen LogP contribution in [0.2, 0.25) is 0 Å². The number of rotatable bonds is 3. The zero-order valence-electron chi connectivity index (χ0n) is 14.0. The average Bonchev–Trinajstić information content (AvgIpc) is 3.08. The summed E-state index contributed by atoms with van der Waals surface area (Å²) in [6.45, 7) is 2.14. The minimum atomic E-state index is -0.0476. The zero-order valence-corrected chi connectivity index (χ0v) is 14.0. The van der Waals surface area contributed by atoms with E-state index in [2.05, 4.69) is 27.1 Å². The Bertz CT molecular complexity index is 890. The number of amides is 1. The van der Waals surface area contributed by atoms with Crippen molar-refractivity contribution in [1.82, 2.24) is 14.8 Å². The van der Waals surface area contributed by atoms with Crippen LogP contribution in [0.5, 0.6) is 0 Å². The van der Waals surface area contributed by atoms with Gasteiger partial charge in [-0.05, 0) is 23.8 Å². The average molecular weight is 333 g/mol. The second kappa shape index (κ2) is 6.39. The number of fused-ring (bicyclic) bond motifs is 1. The maximum absolute atomic E-state index is 12.9. The van der Waals surface area contributed by atoms with Crippen LogP contribution in [0, 0.1) is 0 Å². The Morgan fingerprint density at radius 3 is 2.64 bits per heavy atom. The van der Waals surface area contributed by atoms with Crippen molar-refractivity contribution in [1.29, 1.82) is 0 Å². The van der Waals surface area contributed by atoms with Crippen LogP contribution in [-0.4, -0.2) is 33.8 Å². The molecule has 25 heavy (non-hydrogen) atoms. The first-order valence-electron chi connectivity index (χ1n) is 8.28. The monoisotopic (exact) mass is 333 g/mol. The third-order valence-electron chi connectivity index (χ3n) is 4.45. The van der Waals surface area contributed by atoms with Crippen LogP contribution < -0.4 is 9.80 Å². The summed E-state index contributed by atoms with van der Waals surface area (Å²) in [5.74, 6) is 0.793. The molecule has 3 aromatic rings. The number of nitrogens with zero attached hydrogens (tertiary/aromatic N) is 5. The van der Waals surface area contributed by atoms with Crippen molar-refractivity contribution in [2.45, 2.75) is 6.54 Å². The van der Waals surface area contributed by atoms with Crippen molar-refractivity contribution in [2.75, 3.05) is 22.9 Å². The van der Waals surface area contributed by atoms with Crippen LogP contribution in [0.1, 0.15) is 16.1 Å². The summed E-state index contributed by atoms with van der Waals surface area (Å²) in [5, 5.41) is 4.10. The highest BCUT2D eigenvalue weighted by molar-refractivity contribution is 6.07. The molecule has 0 radical (unpaired) electrons. The lowest BCUT2D eigenvalue weighted by molar-refractivity contribution is 0.0977. The first kappa shape index (κ1) is 15.4. The minimum absolute atomic E-state index is 0.0476. The molecule has 0 bridgehead atoms. The second-order valence-electron chi connectivity index (χ2n) is 6.05. The number of hydrogen-bond donors (Lipinski definition) is 0. The number of carbonyl (C=O) groups excluding carboxylic acids is 1. The molecule has 0 spiro atoms. The zero-order chi connectivity index (χ0) is 17.2. The van der Waals surface area contributed by atoms with E-state index in [4.69, 9.17) is 0 Å². The first-order valence-corrected chi connectivity index (χ1v) is 8.28. The predicted molar refractivity (Wildman–Crippen MR) is 96.6 cm³/mol. The van der Waals surface area contributed by atoms with E-state index in [0.717, 1.165) is 24.6 Å². The van der Waals surface area contributed by atoms with Gasteiger partial charge in [0.1, 0.15) is 5.69 Å². The van der Waals surface area contributed by atoms with E-state index < -0.39 is 0 Å². The molecule has 3 heterocycles. The summed E-state index contributed by atoms with van der Waals surface area (Å²) >= 11 is 0. The topological polar surface area (TPSA) is 54.3 Å². The van der Waals surface area contributed by atoms with Gasteiger partial charge in [-0.3, -0.25) is 9.48 Å². The number of carbonyl (C=O) groups is 1.